The minimum atomic E-state index is -0.249. The monoisotopic (exact) mass is 403 g/mol. The number of fused-ring (bicyclic) bond motifs is 1. The van der Waals surface area contributed by atoms with Crippen molar-refractivity contribution in [2.75, 3.05) is 12.4 Å². The van der Waals surface area contributed by atoms with Gasteiger partial charge in [0.05, 0.1) is 22.8 Å². The van der Waals surface area contributed by atoms with Crippen LogP contribution in [0, 0.1) is 0 Å². The third-order valence-corrected chi connectivity index (χ3v) is 5.43. The number of hydrogen-bond acceptors (Lipinski definition) is 4. The predicted molar refractivity (Wildman–Crippen MR) is 103 cm³/mol. The Balaban J connectivity index is 1.63. The fourth-order valence-corrected chi connectivity index (χ4v) is 3.61. The van der Waals surface area contributed by atoms with E-state index in [2.05, 4.69) is 32.3 Å². The molecule has 0 spiro atoms. The quantitative estimate of drug-likeness (QED) is 0.680. The van der Waals surface area contributed by atoms with Crippen LogP contribution in [-0.4, -0.2) is 28.9 Å². The van der Waals surface area contributed by atoms with Crippen LogP contribution in [0.5, 0.6) is 0 Å². The molecule has 1 aromatic heterocycles. The summed E-state index contributed by atoms with van der Waals surface area (Å²) in [7, 11) is 1.94. The van der Waals surface area contributed by atoms with E-state index < -0.39 is 0 Å². The molecule has 0 fully saturated rings. The van der Waals surface area contributed by atoms with Gasteiger partial charge in [-0.05, 0) is 50.4 Å². The van der Waals surface area contributed by atoms with Gasteiger partial charge >= 0.3 is 0 Å². The zero-order chi connectivity index (χ0) is 17.1. The lowest BCUT2D eigenvalue weighted by molar-refractivity contribution is -0.120. The van der Waals surface area contributed by atoms with Gasteiger partial charge in [-0.2, -0.15) is 0 Å². The number of benzene rings is 2. The number of likely N-dealkylation sites (N-methyl/N-ethyl adjacent to an activating group) is 1. The van der Waals surface area contributed by atoms with Gasteiger partial charge in [0.2, 0.25) is 5.91 Å². The first-order chi connectivity index (χ1) is 11.5. The minimum absolute atomic E-state index is 0.0269. The van der Waals surface area contributed by atoms with Gasteiger partial charge in [0, 0.05) is 10.2 Å². The van der Waals surface area contributed by atoms with Crippen molar-refractivity contribution in [2.45, 2.75) is 19.5 Å². The van der Waals surface area contributed by atoms with Crippen molar-refractivity contribution in [1.82, 2.24) is 9.88 Å². The van der Waals surface area contributed by atoms with Crippen LogP contribution < -0.4 is 5.32 Å². The number of carbonyl (C=O) groups is 1. The Morgan fingerprint density at radius 3 is 2.67 bits per heavy atom. The molecule has 2 aromatic carbocycles. The Kier molecular flexibility index (Phi) is 5.28. The Labute approximate surface area is 153 Å². The molecule has 124 valence electrons. The molecule has 3 aromatic rings. The zero-order valence-electron chi connectivity index (χ0n) is 13.5. The van der Waals surface area contributed by atoms with Gasteiger partial charge in [-0.25, -0.2) is 4.98 Å². The van der Waals surface area contributed by atoms with Crippen LogP contribution >= 0.6 is 27.3 Å². The minimum Gasteiger partial charge on any atom is -0.325 e. The molecule has 1 N–H and O–H groups in total. The van der Waals surface area contributed by atoms with Gasteiger partial charge in [-0.1, -0.05) is 28.1 Å². The number of carbonyl (C=O) groups excluding carboxylic acids is 1. The Hall–Kier alpha value is -1.76. The fourth-order valence-electron chi connectivity index (χ4n) is 2.32. The average molecular weight is 404 g/mol. The maximum atomic E-state index is 12.4. The summed E-state index contributed by atoms with van der Waals surface area (Å²) in [5.41, 5.74) is 1.81. The summed E-state index contributed by atoms with van der Waals surface area (Å²) in [5.74, 6) is -0.0269. The van der Waals surface area contributed by atoms with E-state index in [9.17, 15) is 4.79 Å². The first kappa shape index (κ1) is 17.1. The second-order valence-electron chi connectivity index (χ2n) is 5.66. The van der Waals surface area contributed by atoms with Gasteiger partial charge in [-0.15, -0.1) is 11.3 Å². The molecule has 1 amide bonds. The molecule has 0 saturated heterocycles. The summed E-state index contributed by atoms with van der Waals surface area (Å²) in [6.07, 6.45) is 0. The number of thiazole rings is 1. The van der Waals surface area contributed by atoms with Crippen LogP contribution in [0.4, 0.5) is 5.69 Å². The summed E-state index contributed by atoms with van der Waals surface area (Å²) in [5, 5.41) is 3.96. The maximum Gasteiger partial charge on any atom is 0.241 e. The maximum absolute atomic E-state index is 12.4. The number of para-hydroxylation sites is 1. The number of hydrogen-bond donors (Lipinski definition) is 1. The van der Waals surface area contributed by atoms with E-state index in [1.54, 1.807) is 11.3 Å². The molecule has 24 heavy (non-hydrogen) atoms. The van der Waals surface area contributed by atoms with E-state index in [4.69, 9.17) is 0 Å². The molecular weight excluding hydrogens is 386 g/mol. The Morgan fingerprint density at radius 1 is 1.25 bits per heavy atom. The molecule has 1 heterocycles. The van der Waals surface area contributed by atoms with Crippen LogP contribution in [0.15, 0.2) is 53.0 Å². The predicted octanol–water partition coefficient (Wildman–Crippen LogP) is 4.52. The van der Waals surface area contributed by atoms with Crippen molar-refractivity contribution < 1.29 is 4.79 Å². The molecule has 0 unspecified atom stereocenters. The van der Waals surface area contributed by atoms with E-state index in [1.165, 1.54) is 4.70 Å². The number of amides is 1. The second kappa shape index (κ2) is 7.42. The summed E-state index contributed by atoms with van der Waals surface area (Å²) in [6, 6.07) is 15.4. The Bertz CT molecular complexity index is 814. The standard InChI is InChI=1S/C18H18BrN3OS/c1-12(18(23)20-14-9-7-13(19)8-10-14)22(2)11-17-21-15-5-3-4-6-16(15)24-17/h3-10,12H,11H2,1-2H3,(H,20,23)/t12-/m0/s1. The van der Waals surface area contributed by atoms with Crippen molar-refractivity contribution in [3.8, 4) is 0 Å². The lowest BCUT2D eigenvalue weighted by atomic mass is 10.2. The van der Waals surface area contributed by atoms with Crippen molar-refractivity contribution in [3.05, 3.63) is 58.0 Å². The number of nitrogens with one attached hydrogen (secondary N) is 1. The molecule has 0 saturated carbocycles. The lowest BCUT2D eigenvalue weighted by Crippen LogP contribution is -2.39. The normalized spacial score (nSPS) is 12.5. The van der Waals surface area contributed by atoms with Crippen molar-refractivity contribution in [1.29, 1.82) is 0 Å². The van der Waals surface area contributed by atoms with E-state index >= 15 is 0 Å². The molecule has 3 rings (SSSR count). The van der Waals surface area contributed by atoms with Crippen molar-refractivity contribution >= 4 is 49.1 Å². The molecule has 0 aliphatic carbocycles. The van der Waals surface area contributed by atoms with E-state index in [-0.39, 0.29) is 11.9 Å². The third kappa shape index (κ3) is 4.01. The first-order valence-corrected chi connectivity index (χ1v) is 9.25. The van der Waals surface area contributed by atoms with E-state index in [0.29, 0.717) is 6.54 Å². The van der Waals surface area contributed by atoms with Gasteiger partial charge in [0.25, 0.3) is 0 Å². The summed E-state index contributed by atoms with van der Waals surface area (Å²) < 4.78 is 2.16. The summed E-state index contributed by atoms with van der Waals surface area (Å²) in [6.45, 7) is 2.55. The van der Waals surface area contributed by atoms with Crippen LogP contribution in [0.25, 0.3) is 10.2 Å². The molecular formula is C18H18BrN3OS. The number of halogens is 1. The van der Waals surface area contributed by atoms with E-state index in [0.717, 1.165) is 20.7 Å². The number of anilines is 1. The van der Waals surface area contributed by atoms with Gasteiger partial charge in [-0.3, -0.25) is 9.69 Å². The second-order valence-corrected chi connectivity index (χ2v) is 7.69. The summed E-state index contributed by atoms with van der Waals surface area (Å²) in [4.78, 5) is 19.1. The Morgan fingerprint density at radius 2 is 1.96 bits per heavy atom. The van der Waals surface area contributed by atoms with Gasteiger partial charge in [0.1, 0.15) is 5.01 Å². The highest BCUT2D eigenvalue weighted by Gasteiger charge is 2.19. The number of nitrogens with zero attached hydrogens (tertiary/aromatic N) is 2. The number of rotatable bonds is 5. The molecule has 0 bridgehead atoms. The molecule has 6 heteroatoms. The fraction of sp³-hybridized carbons (Fsp3) is 0.222. The lowest BCUT2D eigenvalue weighted by Gasteiger charge is -2.22. The van der Waals surface area contributed by atoms with Gasteiger partial charge in [0.15, 0.2) is 0 Å². The molecule has 0 aliphatic rings. The van der Waals surface area contributed by atoms with Crippen LogP contribution in [0.2, 0.25) is 0 Å². The van der Waals surface area contributed by atoms with Crippen LogP contribution in [0.1, 0.15) is 11.9 Å². The smallest absolute Gasteiger partial charge is 0.241 e. The van der Waals surface area contributed by atoms with Crippen molar-refractivity contribution in [2.24, 2.45) is 0 Å². The van der Waals surface area contributed by atoms with E-state index in [1.807, 2.05) is 61.3 Å². The van der Waals surface area contributed by atoms with Gasteiger partial charge < -0.3 is 5.32 Å². The molecule has 4 nitrogen and oxygen atoms in total. The topological polar surface area (TPSA) is 45.2 Å². The molecule has 0 aliphatic heterocycles. The zero-order valence-corrected chi connectivity index (χ0v) is 15.9. The highest BCUT2D eigenvalue weighted by Crippen LogP contribution is 2.23. The number of aromatic nitrogens is 1. The van der Waals surface area contributed by atoms with Crippen LogP contribution in [0.3, 0.4) is 0 Å². The highest BCUT2D eigenvalue weighted by molar-refractivity contribution is 9.10. The average Bonchev–Trinajstić information content (AvgIpc) is 2.98. The molecule has 0 radical (unpaired) electrons. The third-order valence-electron chi connectivity index (χ3n) is 3.88. The van der Waals surface area contributed by atoms with Crippen molar-refractivity contribution in [3.63, 3.8) is 0 Å². The largest absolute Gasteiger partial charge is 0.325 e. The molecule has 1 atom stereocenters. The highest BCUT2D eigenvalue weighted by atomic mass is 79.9. The van der Waals surface area contributed by atoms with Crippen LogP contribution in [-0.2, 0) is 11.3 Å². The SMILES string of the molecule is C[C@@H](C(=O)Nc1ccc(Br)cc1)N(C)Cc1nc2ccccc2s1. The summed E-state index contributed by atoms with van der Waals surface area (Å²) >= 11 is 5.06. The first-order valence-electron chi connectivity index (χ1n) is 7.64.